The predicted molar refractivity (Wildman–Crippen MR) is 72.7 cm³/mol. The minimum Gasteiger partial charge on any atom is -0.454 e. The van der Waals surface area contributed by atoms with E-state index in [1.165, 1.54) is 0 Å². The van der Waals surface area contributed by atoms with Gasteiger partial charge >= 0.3 is 0 Å². The van der Waals surface area contributed by atoms with Crippen LogP contribution < -0.4 is 4.74 Å². The van der Waals surface area contributed by atoms with Crippen molar-refractivity contribution in [2.75, 3.05) is 0 Å². The molecule has 0 aliphatic carbocycles. The highest BCUT2D eigenvalue weighted by molar-refractivity contribution is 6.40. The second-order valence-corrected chi connectivity index (χ2v) is 4.82. The first-order valence-electron chi connectivity index (χ1n) is 4.96. The average Bonchev–Trinajstić information content (AvgIpc) is 2.25. The van der Waals surface area contributed by atoms with E-state index in [1.54, 1.807) is 12.1 Å². The zero-order valence-electron chi connectivity index (χ0n) is 9.01. The van der Waals surface area contributed by atoms with Crippen LogP contribution in [0.3, 0.4) is 0 Å². The normalized spacial score (nSPS) is 10.4. The zero-order chi connectivity index (χ0) is 12.4. The highest BCUT2D eigenvalue weighted by Crippen LogP contribution is 2.39. The Morgan fingerprint density at radius 3 is 2.12 bits per heavy atom. The van der Waals surface area contributed by atoms with Gasteiger partial charge in [0.2, 0.25) is 0 Å². The van der Waals surface area contributed by atoms with Gasteiger partial charge in [0.15, 0.2) is 5.75 Å². The molecular formula is C13H9Cl3O. The van der Waals surface area contributed by atoms with Crippen LogP contribution >= 0.6 is 34.8 Å². The molecule has 0 heterocycles. The number of para-hydroxylation sites is 1. The summed E-state index contributed by atoms with van der Waals surface area (Å²) < 4.78 is 5.70. The number of halogens is 3. The lowest BCUT2D eigenvalue weighted by atomic mass is 10.2. The van der Waals surface area contributed by atoms with Gasteiger partial charge in [-0.15, -0.1) is 0 Å². The molecule has 0 aliphatic rings. The van der Waals surface area contributed by atoms with E-state index in [9.17, 15) is 0 Å². The van der Waals surface area contributed by atoms with E-state index < -0.39 is 0 Å². The van der Waals surface area contributed by atoms with E-state index >= 15 is 0 Å². The number of aryl methyl sites for hydroxylation is 1. The van der Waals surface area contributed by atoms with Gasteiger partial charge in [0, 0.05) is 5.02 Å². The lowest BCUT2D eigenvalue weighted by Crippen LogP contribution is -1.89. The summed E-state index contributed by atoms with van der Waals surface area (Å²) in [5, 5.41) is 1.27. The molecule has 88 valence electrons. The number of benzene rings is 2. The Labute approximate surface area is 115 Å². The van der Waals surface area contributed by atoms with E-state index in [0.717, 1.165) is 11.3 Å². The van der Waals surface area contributed by atoms with Gasteiger partial charge in [-0.25, -0.2) is 0 Å². The van der Waals surface area contributed by atoms with Gasteiger partial charge in [0.05, 0.1) is 10.0 Å². The molecule has 0 aromatic heterocycles. The quantitative estimate of drug-likeness (QED) is 0.683. The average molecular weight is 288 g/mol. The van der Waals surface area contributed by atoms with Gasteiger partial charge in [-0.05, 0) is 30.7 Å². The zero-order valence-corrected chi connectivity index (χ0v) is 11.3. The van der Waals surface area contributed by atoms with Crippen molar-refractivity contribution in [3.63, 3.8) is 0 Å². The Kier molecular flexibility index (Phi) is 3.82. The van der Waals surface area contributed by atoms with Crippen LogP contribution in [0.1, 0.15) is 5.56 Å². The van der Waals surface area contributed by atoms with Crippen molar-refractivity contribution in [3.05, 3.63) is 57.0 Å². The summed E-state index contributed by atoms with van der Waals surface area (Å²) in [4.78, 5) is 0. The minimum absolute atomic E-state index is 0.394. The van der Waals surface area contributed by atoms with Crippen molar-refractivity contribution in [2.24, 2.45) is 0 Å². The molecule has 17 heavy (non-hydrogen) atoms. The van der Waals surface area contributed by atoms with Gasteiger partial charge in [0.25, 0.3) is 0 Å². The number of hydrogen-bond donors (Lipinski definition) is 0. The van der Waals surface area contributed by atoms with Crippen LogP contribution in [-0.2, 0) is 0 Å². The second kappa shape index (κ2) is 5.18. The van der Waals surface area contributed by atoms with Crippen LogP contribution in [0.15, 0.2) is 36.4 Å². The molecule has 0 unspecified atom stereocenters. The molecule has 2 aromatic rings. The Morgan fingerprint density at radius 2 is 1.53 bits per heavy atom. The van der Waals surface area contributed by atoms with E-state index in [4.69, 9.17) is 39.5 Å². The van der Waals surface area contributed by atoms with Crippen molar-refractivity contribution < 1.29 is 4.74 Å². The molecule has 0 bridgehead atoms. The molecule has 0 fully saturated rings. The summed E-state index contributed by atoms with van der Waals surface area (Å²) in [6.45, 7) is 1.95. The van der Waals surface area contributed by atoms with Crippen molar-refractivity contribution >= 4 is 34.8 Å². The van der Waals surface area contributed by atoms with Crippen LogP contribution in [0.4, 0.5) is 0 Å². The van der Waals surface area contributed by atoms with Gasteiger partial charge < -0.3 is 4.74 Å². The lowest BCUT2D eigenvalue weighted by Gasteiger charge is -2.11. The molecule has 1 nitrogen and oxygen atoms in total. The van der Waals surface area contributed by atoms with Gasteiger partial charge in [-0.2, -0.15) is 0 Å². The molecule has 4 heteroatoms. The maximum atomic E-state index is 6.04. The Hall–Kier alpha value is -0.890. The molecule has 2 aromatic carbocycles. The number of rotatable bonds is 2. The molecular weight excluding hydrogens is 279 g/mol. The van der Waals surface area contributed by atoms with E-state index in [-0.39, 0.29) is 0 Å². The molecule has 0 aliphatic heterocycles. The number of ether oxygens (including phenoxy) is 1. The topological polar surface area (TPSA) is 9.23 Å². The summed E-state index contributed by atoms with van der Waals surface area (Å²) in [6.07, 6.45) is 0. The van der Waals surface area contributed by atoms with Crippen molar-refractivity contribution in [1.82, 2.24) is 0 Å². The maximum absolute atomic E-state index is 6.04. The van der Waals surface area contributed by atoms with Crippen LogP contribution in [0.5, 0.6) is 11.5 Å². The number of hydrogen-bond acceptors (Lipinski definition) is 1. The van der Waals surface area contributed by atoms with Crippen LogP contribution in [0.2, 0.25) is 15.1 Å². The standard InChI is InChI=1S/C13H9Cl3O/c1-8-4-2-3-5-12(8)17-13-10(15)6-9(14)7-11(13)16/h2-7H,1H3. The highest BCUT2D eigenvalue weighted by atomic mass is 35.5. The monoisotopic (exact) mass is 286 g/mol. The fourth-order valence-electron chi connectivity index (χ4n) is 1.41. The highest BCUT2D eigenvalue weighted by Gasteiger charge is 2.11. The maximum Gasteiger partial charge on any atom is 0.164 e. The molecule has 0 saturated carbocycles. The van der Waals surface area contributed by atoms with Crippen molar-refractivity contribution in [1.29, 1.82) is 0 Å². The first-order chi connectivity index (χ1) is 8.08. The van der Waals surface area contributed by atoms with Crippen molar-refractivity contribution in [3.8, 4) is 11.5 Å². The molecule has 0 radical (unpaired) electrons. The first kappa shape index (κ1) is 12.6. The Morgan fingerprint density at radius 1 is 0.941 bits per heavy atom. The summed E-state index contributed by atoms with van der Waals surface area (Å²) in [6, 6.07) is 10.8. The molecule has 0 amide bonds. The third kappa shape index (κ3) is 2.86. The fourth-order valence-corrected chi connectivity index (χ4v) is 2.30. The van der Waals surface area contributed by atoms with E-state index in [1.807, 2.05) is 31.2 Å². The summed E-state index contributed by atoms with van der Waals surface area (Å²) in [5.41, 5.74) is 1.01. The van der Waals surface area contributed by atoms with Gasteiger partial charge in [0.1, 0.15) is 5.75 Å². The SMILES string of the molecule is Cc1ccccc1Oc1c(Cl)cc(Cl)cc1Cl. The first-order valence-corrected chi connectivity index (χ1v) is 6.09. The predicted octanol–water partition coefficient (Wildman–Crippen LogP) is 5.75. The van der Waals surface area contributed by atoms with Gasteiger partial charge in [-0.1, -0.05) is 53.0 Å². The summed E-state index contributed by atoms with van der Waals surface area (Å²) >= 11 is 17.9. The van der Waals surface area contributed by atoms with Crippen LogP contribution in [-0.4, -0.2) is 0 Å². The summed E-state index contributed by atoms with van der Waals surface area (Å²) in [5.74, 6) is 1.14. The largest absolute Gasteiger partial charge is 0.454 e. The lowest BCUT2D eigenvalue weighted by molar-refractivity contribution is 0.479. The van der Waals surface area contributed by atoms with Gasteiger partial charge in [-0.3, -0.25) is 0 Å². The molecule has 0 saturated heterocycles. The third-order valence-electron chi connectivity index (χ3n) is 2.27. The summed E-state index contributed by atoms with van der Waals surface area (Å²) in [7, 11) is 0. The molecule has 0 spiro atoms. The van der Waals surface area contributed by atoms with Crippen LogP contribution in [0.25, 0.3) is 0 Å². The minimum atomic E-state index is 0.394. The van der Waals surface area contributed by atoms with Crippen molar-refractivity contribution in [2.45, 2.75) is 6.92 Å². The Balaban J connectivity index is 2.40. The van der Waals surface area contributed by atoms with E-state index in [0.29, 0.717) is 20.8 Å². The Bertz CT molecular complexity index is 529. The van der Waals surface area contributed by atoms with Crippen LogP contribution in [0, 0.1) is 6.92 Å². The molecule has 0 N–H and O–H groups in total. The van der Waals surface area contributed by atoms with E-state index in [2.05, 4.69) is 0 Å². The smallest absolute Gasteiger partial charge is 0.164 e. The molecule has 0 atom stereocenters. The molecule has 2 rings (SSSR count). The fraction of sp³-hybridized carbons (Fsp3) is 0.0769. The second-order valence-electron chi connectivity index (χ2n) is 3.57. The third-order valence-corrected chi connectivity index (χ3v) is 3.05.